The van der Waals surface area contributed by atoms with E-state index in [1.54, 1.807) is 4.90 Å². The average Bonchev–Trinajstić information content (AvgIpc) is 2.81. The maximum atomic E-state index is 12.1. The third-order valence-electron chi connectivity index (χ3n) is 3.86. The number of hydrogen-bond donors (Lipinski definition) is 1. The van der Waals surface area contributed by atoms with Crippen LogP contribution in [0.15, 0.2) is 24.3 Å². The number of amides is 2. The highest BCUT2D eigenvalue weighted by molar-refractivity contribution is 6.00. The van der Waals surface area contributed by atoms with E-state index in [4.69, 9.17) is 0 Å². The summed E-state index contributed by atoms with van der Waals surface area (Å²) in [5.41, 5.74) is 2.04. The second-order valence-corrected chi connectivity index (χ2v) is 6.21. The summed E-state index contributed by atoms with van der Waals surface area (Å²) in [7, 11) is 0. The summed E-state index contributed by atoms with van der Waals surface area (Å²) in [5, 5.41) is 2.94. The Morgan fingerprint density at radius 2 is 2.00 bits per heavy atom. The van der Waals surface area contributed by atoms with Gasteiger partial charge in [0.2, 0.25) is 11.8 Å². The Morgan fingerprint density at radius 3 is 2.62 bits per heavy atom. The van der Waals surface area contributed by atoms with Gasteiger partial charge in [-0.2, -0.15) is 0 Å². The summed E-state index contributed by atoms with van der Waals surface area (Å²) in [6.45, 7) is 7.44. The molecule has 21 heavy (non-hydrogen) atoms. The second kappa shape index (κ2) is 6.74. The molecule has 1 aromatic carbocycles. The van der Waals surface area contributed by atoms with Gasteiger partial charge < -0.3 is 10.2 Å². The maximum absolute atomic E-state index is 12.1. The second-order valence-electron chi connectivity index (χ2n) is 6.21. The van der Waals surface area contributed by atoms with Crippen molar-refractivity contribution < 1.29 is 9.59 Å². The topological polar surface area (TPSA) is 49.4 Å². The Kier molecular flexibility index (Phi) is 4.99. The monoisotopic (exact) mass is 288 g/mol. The Balaban J connectivity index is 1.93. The van der Waals surface area contributed by atoms with Gasteiger partial charge in [-0.1, -0.05) is 31.5 Å². The normalized spacial score (nSPS) is 18.4. The van der Waals surface area contributed by atoms with E-state index in [0.29, 0.717) is 25.4 Å². The van der Waals surface area contributed by atoms with Gasteiger partial charge in [-0.05, 0) is 31.4 Å². The molecule has 0 aromatic heterocycles. The third kappa shape index (κ3) is 4.06. The van der Waals surface area contributed by atoms with Crippen LogP contribution in [0.25, 0.3) is 0 Å². The maximum Gasteiger partial charge on any atom is 0.227 e. The number of carbonyl (C=O) groups is 2. The molecule has 1 aliphatic rings. The van der Waals surface area contributed by atoms with Crippen LogP contribution in [0.4, 0.5) is 5.69 Å². The molecule has 114 valence electrons. The summed E-state index contributed by atoms with van der Waals surface area (Å²) in [6.07, 6.45) is 1.27. The number of hydrogen-bond acceptors (Lipinski definition) is 2. The van der Waals surface area contributed by atoms with Gasteiger partial charge >= 0.3 is 0 Å². The number of aryl methyl sites for hydroxylation is 1. The number of benzene rings is 1. The number of nitrogens with zero attached hydrogens (tertiary/aromatic N) is 1. The van der Waals surface area contributed by atoms with Crippen molar-refractivity contribution in [2.45, 2.75) is 33.6 Å². The number of anilines is 1. The fraction of sp³-hybridized carbons (Fsp3) is 0.529. The minimum absolute atomic E-state index is 0.00129. The molecule has 2 rings (SSSR count). The van der Waals surface area contributed by atoms with Crippen LogP contribution in [0.5, 0.6) is 0 Å². The van der Waals surface area contributed by atoms with Crippen LogP contribution in [0.3, 0.4) is 0 Å². The first-order valence-electron chi connectivity index (χ1n) is 7.62. The van der Waals surface area contributed by atoms with Gasteiger partial charge in [0, 0.05) is 25.2 Å². The summed E-state index contributed by atoms with van der Waals surface area (Å²) in [4.78, 5) is 25.9. The number of nitrogens with one attached hydrogen (secondary N) is 1. The van der Waals surface area contributed by atoms with E-state index < -0.39 is 0 Å². The molecule has 1 fully saturated rings. The van der Waals surface area contributed by atoms with E-state index in [9.17, 15) is 9.59 Å². The summed E-state index contributed by atoms with van der Waals surface area (Å²) in [6, 6.07) is 7.84. The van der Waals surface area contributed by atoms with Gasteiger partial charge in [-0.25, -0.2) is 0 Å². The van der Waals surface area contributed by atoms with Crippen LogP contribution in [0.1, 0.15) is 32.3 Å². The van der Waals surface area contributed by atoms with Gasteiger partial charge in [0.15, 0.2) is 0 Å². The standard InChI is InChI=1S/C17H24N2O2/c1-12(2)8-9-18-17(21)14-10-16(20)19(11-14)15-6-4-13(3)5-7-15/h4-7,12,14H,8-11H2,1-3H3,(H,18,21)/t14-/m1/s1. The molecule has 1 aromatic rings. The molecule has 0 saturated carbocycles. The van der Waals surface area contributed by atoms with Crippen molar-refractivity contribution in [1.82, 2.24) is 5.32 Å². The lowest BCUT2D eigenvalue weighted by Crippen LogP contribution is -2.33. The predicted octanol–water partition coefficient (Wildman–Crippen LogP) is 2.51. The minimum atomic E-state index is -0.231. The average molecular weight is 288 g/mol. The highest BCUT2D eigenvalue weighted by atomic mass is 16.2. The smallest absolute Gasteiger partial charge is 0.227 e. The zero-order valence-electron chi connectivity index (χ0n) is 13.1. The van der Waals surface area contributed by atoms with Crippen LogP contribution >= 0.6 is 0 Å². The molecule has 1 atom stereocenters. The summed E-state index contributed by atoms with van der Waals surface area (Å²) >= 11 is 0. The van der Waals surface area contributed by atoms with Crippen molar-refractivity contribution in [3.05, 3.63) is 29.8 Å². The first-order valence-corrected chi connectivity index (χ1v) is 7.62. The minimum Gasteiger partial charge on any atom is -0.356 e. The van der Waals surface area contributed by atoms with Crippen molar-refractivity contribution >= 4 is 17.5 Å². The molecule has 0 bridgehead atoms. The number of carbonyl (C=O) groups excluding carboxylic acids is 2. The molecule has 0 aliphatic carbocycles. The molecular formula is C17H24N2O2. The molecule has 1 heterocycles. The highest BCUT2D eigenvalue weighted by Crippen LogP contribution is 2.25. The van der Waals surface area contributed by atoms with Crippen molar-refractivity contribution in [3.8, 4) is 0 Å². The van der Waals surface area contributed by atoms with E-state index in [-0.39, 0.29) is 17.7 Å². The Morgan fingerprint density at radius 1 is 1.33 bits per heavy atom. The molecule has 0 spiro atoms. The summed E-state index contributed by atoms with van der Waals surface area (Å²) < 4.78 is 0. The molecule has 4 nitrogen and oxygen atoms in total. The molecule has 4 heteroatoms. The predicted molar refractivity (Wildman–Crippen MR) is 84.1 cm³/mol. The number of rotatable bonds is 5. The third-order valence-corrected chi connectivity index (χ3v) is 3.86. The van der Waals surface area contributed by atoms with Gasteiger partial charge in [0.05, 0.1) is 5.92 Å². The van der Waals surface area contributed by atoms with Crippen LogP contribution in [0.2, 0.25) is 0 Å². The lowest BCUT2D eigenvalue weighted by atomic mass is 10.1. The molecule has 1 saturated heterocycles. The molecule has 0 unspecified atom stereocenters. The van der Waals surface area contributed by atoms with Crippen LogP contribution in [0, 0.1) is 18.8 Å². The van der Waals surface area contributed by atoms with Crippen molar-refractivity contribution in [2.75, 3.05) is 18.0 Å². The van der Waals surface area contributed by atoms with E-state index >= 15 is 0 Å². The van der Waals surface area contributed by atoms with E-state index in [1.165, 1.54) is 0 Å². The molecule has 2 amide bonds. The largest absolute Gasteiger partial charge is 0.356 e. The van der Waals surface area contributed by atoms with Gasteiger partial charge in [0.1, 0.15) is 0 Å². The molecular weight excluding hydrogens is 264 g/mol. The first-order chi connectivity index (χ1) is 9.97. The Hall–Kier alpha value is -1.84. The van der Waals surface area contributed by atoms with Crippen LogP contribution in [-0.4, -0.2) is 24.9 Å². The lowest BCUT2D eigenvalue weighted by Gasteiger charge is -2.17. The Bertz CT molecular complexity index is 508. The Labute approximate surface area is 126 Å². The van der Waals surface area contributed by atoms with Crippen molar-refractivity contribution in [3.63, 3.8) is 0 Å². The van der Waals surface area contributed by atoms with Crippen molar-refractivity contribution in [1.29, 1.82) is 0 Å². The summed E-state index contributed by atoms with van der Waals surface area (Å²) in [5.74, 6) is 0.368. The first kappa shape index (κ1) is 15.5. The molecule has 1 aliphatic heterocycles. The van der Waals surface area contributed by atoms with Crippen LogP contribution < -0.4 is 10.2 Å². The quantitative estimate of drug-likeness (QED) is 0.905. The highest BCUT2D eigenvalue weighted by Gasteiger charge is 2.34. The lowest BCUT2D eigenvalue weighted by molar-refractivity contribution is -0.126. The van der Waals surface area contributed by atoms with Gasteiger partial charge in [-0.15, -0.1) is 0 Å². The van der Waals surface area contributed by atoms with E-state index in [0.717, 1.165) is 17.7 Å². The van der Waals surface area contributed by atoms with E-state index in [1.807, 2.05) is 31.2 Å². The zero-order chi connectivity index (χ0) is 15.4. The van der Waals surface area contributed by atoms with Crippen molar-refractivity contribution in [2.24, 2.45) is 11.8 Å². The SMILES string of the molecule is Cc1ccc(N2C[C@H](C(=O)NCCC(C)C)CC2=O)cc1. The van der Waals surface area contributed by atoms with Gasteiger partial charge in [-0.3, -0.25) is 9.59 Å². The van der Waals surface area contributed by atoms with Crippen LogP contribution in [-0.2, 0) is 9.59 Å². The van der Waals surface area contributed by atoms with E-state index in [2.05, 4.69) is 19.2 Å². The zero-order valence-corrected chi connectivity index (χ0v) is 13.1. The molecule has 0 radical (unpaired) electrons. The molecule has 1 N–H and O–H groups in total. The fourth-order valence-corrected chi connectivity index (χ4v) is 2.49. The van der Waals surface area contributed by atoms with Gasteiger partial charge in [0.25, 0.3) is 0 Å². The fourth-order valence-electron chi connectivity index (χ4n) is 2.49.